The Labute approximate surface area is 114 Å². The monoisotopic (exact) mass is 264 g/mol. The molecule has 0 atom stereocenters. The van der Waals surface area contributed by atoms with Gasteiger partial charge in [0.15, 0.2) is 0 Å². The van der Waals surface area contributed by atoms with E-state index >= 15 is 0 Å². The second kappa shape index (κ2) is 6.19. The van der Waals surface area contributed by atoms with E-state index in [1.807, 2.05) is 6.07 Å². The first-order chi connectivity index (χ1) is 9.08. The van der Waals surface area contributed by atoms with Gasteiger partial charge >= 0.3 is 0 Å². The van der Waals surface area contributed by atoms with Gasteiger partial charge in [-0.25, -0.2) is 9.97 Å². The van der Waals surface area contributed by atoms with Crippen molar-refractivity contribution in [2.45, 2.75) is 58.1 Å². The number of hydrogen-bond acceptors (Lipinski definition) is 5. The zero-order chi connectivity index (χ0) is 13.8. The predicted octanol–water partition coefficient (Wildman–Crippen LogP) is 2.36. The van der Waals surface area contributed by atoms with E-state index in [0.29, 0.717) is 12.0 Å². The quantitative estimate of drug-likeness (QED) is 0.736. The second-order valence-electron chi connectivity index (χ2n) is 5.54. The molecular weight excluding hydrogens is 240 g/mol. The van der Waals surface area contributed by atoms with Crippen LogP contribution in [-0.2, 0) is 0 Å². The number of hydrogen-bond donors (Lipinski definition) is 3. The molecule has 0 bridgehead atoms. The van der Waals surface area contributed by atoms with Crippen molar-refractivity contribution in [3.05, 3.63) is 11.9 Å². The van der Waals surface area contributed by atoms with Crippen molar-refractivity contribution >= 4 is 11.6 Å². The van der Waals surface area contributed by atoms with Crippen LogP contribution in [0.2, 0.25) is 0 Å². The molecule has 2 rings (SSSR count). The minimum Gasteiger partial charge on any atom is -0.393 e. The van der Waals surface area contributed by atoms with Gasteiger partial charge in [0, 0.05) is 24.6 Å². The van der Waals surface area contributed by atoms with Crippen molar-refractivity contribution in [1.29, 1.82) is 0 Å². The van der Waals surface area contributed by atoms with E-state index in [4.69, 9.17) is 0 Å². The highest BCUT2D eigenvalue weighted by Gasteiger charge is 2.27. The summed E-state index contributed by atoms with van der Waals surface area (Å²) in [5.74, 6) is 2.89. The van der Waals surface area contributed by atoms with Gasteiger partial charge in [-0.05, 0) is 19.3 Å². The van der Waals surface area contributed by atoms with Crippen LogP contribution in [0.25, 0.3) is 0 Å². The molecule has 106 valence electrons. The van der Waals surface area contributed by atoms with E-state index in [2.05, 4.69) is 41.4 Å². The maximum atomic E-state index is 9.32. The molecule has 1 aliphatic rings. The second-order valence-corrected chi connectivity index (χ2v) is 5.54. The van der Waals surface area contributed by atoms with E-state index < -0.39 is 0 Å². The highest BCUT2D eigenvalue weighted by Crippen LogP contribution is 2.25. The van der Waals surface area contributed by atoms with Gasteiger partial charge in [-0.15, -0.1) is 0 Å². The van der Waals surface area contributed by atoms with Gasteiger partial charge < -0.3 is 15.7 Å². The lowest BCUT2D eigenvalue weighted by Gasteiger charge is -2.32. The van der Waals surface area contributed by atoms with E-state index in [9.17, 15) is 5.11 Å². The summed E-state index contributed by atoms with van der Waals surface area (Å²) in [5, 5.41) is 16.0. The Balaban J connectivity index is 2.09. The first kappa shape index (κ1) is 14.1. The standard InChI is InChI=1S/C14H24N4O/c1-4-5-15-12-8-13(16-10-6-11(19)7-10)18-14(17-12)9(2)3/h8-11,19H,4-7H2,1-3H3,(H2,15,16,17,18). The lowest BCUT2D eigenvalue weighted by atomic mass is 9.89. The van der Waals surface area contributed by atoms with Crippen LogP contribution in [0.15, 0.2) is 6.07 Å². The molecule has 19 heavy (non-hydrogen) atoms. The number of aliphatic hydroxyl groups is 1. The zero-order valence-electron chi connectivity index (χ0n) is 12.0. The summed E-state index contributed by atoms with van der Waals surface area (Å²) in [6.45, 7) is 7.23. The molecule has 0 radical (unpaired) electrons. The van der Waals surface area contributed by atoms with Crippen LogP contribution in [0.1, 0.15) is 51.8 Å². The van der Waals surface area contributed by atoms with Crippen molar-refractivity contribution in [3.8, 4) is 0 Å². The normalized spacial score (nSPS) is 22.2. The molecule has 0 aliphatic heterocycles. The number of nitrogens with one attached hydrogen (secondary N) is 2. The van der Waals surface area contributed by atoms with Gasteiger partial charge in [0.25, 0.3) is 0 Å². The third kappa shape index (κ3) is 3.80. The molecule has 1 heterocycles. The van der Waals surface area contributed by atoms with Crippen LogP contribution in [0.3, 0.4) is 0 Å². The minimum atomic E-state index is -0.151. The van der Waals surface area contributed by atoms with Gasteiger partial charge in [0.1, 0.15) is 17.5 Å². The highest BCUT2D eigenvalue weighted by atomic mass is 16.3. The fraction of sp³-hybridized carbons (Fsp3) is 0.714. The van der Waals surface area contributed by atoms with Crippen molar-refractivity contribution < 1.29 is 5.11 Å². The molecule has 0 aromatic carbocycles. The summed E-state index contributed by atoms with van der Waals surface area (Å²) < 4.78 is 0. The molecule has 1 fully saturated rings. The smallest absolute Gasteiger partial charge is 0.135 e. The molecule has 0 unspecified atom stereocenters. The lowest BCUT2D eigenvalue weighted by molar-refractivity contribution is 0.0835. The number of anilines is 2. The summed E-state index contributed by atoms with van der Waals surface area (Å²) in [6.07, 6.45) is 2.53. The van der Waals surface area contributed by atoms with Crippen molar-refractivity contribution in [3.63, 3.8) is 0 Å². The zero-order valence-corrected chi connectivity index (χ0v) is 12.0. The molecular formula is C14H24N4O. The topological polar surface area (TPSA) is 70.1 Å². The number of aromatic nitrogens is 2. The van der Waals surface area contributed by atoms with E-state index in [1.165, 1.54) is 0 Å². The van der Waals surface area contributed by atoms with Crippen molar-refractivity contribution in [2.24, 2.45) is 0 Å². The number of rotatable bonds is 6. The average Bonchev–Trinajstić information content (AvgIpc) is 2.34. The minimum absolute atomic E-state index is 0.151. The fourth-order valence-corrected chi connectivity index (χ4v) is 2.06. The Morgan fingerprint density at radius 3 is 2.58 bits per heavy atom. The van der Waals surface area contributed by atoms with Crippen LogP contribution in [0, 0.1) is 0 Å². The maximum Gasteiger partial charge on any atom is 0.135 e. The molecule has 3 N–H and O–H groups in total. The first-order valence-corrected chi connectivity index (χ1v) is 7.16. The van der Waals surface area contributed by atoms with Gasteiger partial charge in [0.05, 0.1) is 6.10 Å². The summed E-state index contributed by atoms with van der Waals surface area (Å²) >= 11 is 0. The third-order valence-electron chi connectivity index (χ3n) is 3.28. The molecule has 1 aromatic heterocycles. The molecule has 0 spiro atoms. The Bertz CT molecular complexity index is 416. The van der Waals surface area contributed by atoms with Crippen LogP contribution in [0.4, 0.5) is 11.6 Å². The van der Waals surface area contributed by atoms with Crippen molar-refractivity contribution in [2.75, 3.05) is 17.2 Å². The van der Waals surface area contributed by atoms with Gasteiger partial charge in [0.2, 0.25) is 0 Å². The van der Waals surface area contributed by atoms with E-state index in [0.717, 1.165) is 43.3 Å². The third-order valence-corrected chi connectivity index (χ3v) is 3.28. The van der Waals surface area contributed by atoms with Crippen LogP contribution in [0.5, 0.6) is 0 Å². The van der Waals surface area contributed by atoms with E-state index in [-0.39, 0.29) is 6.10 Å². The van der Waals surface area contributed by atoms with Crippen LogP contribution < -0.4 is 10.6 Å². The van der Waals surface area contributed by atoms with E-state index in [1.54, 1.807) is 0 Å². The molecule has 1 aliphatic carbocycles. The molecule has 0 saturated heterocycles. The Hall–Kier alpha value is -1.36. The fourth-order valence-electron chi connectivity index (χ4n) is 2.06. The molecule has 1 aromatic rings. The average molecular weight is 264 g/mol. The molecule has 0 amide bonds. The largest absolute Gasteiger partial charge is 0.393 e. The molecule has 5 nitrogen and oxygen atoms in total. The summed E-state index contributed by atoms with van der Waals surface area (Å²) in [5.41, 5.74) is 0. The van der Waals surface area contributed by atoms with Crippen LogP contribution >= 0.6 is 0 Å². The van der Waals surface area contributed by atoms with Gasteiger partial charge in [-0.2, -0.15) is 0 Å². The van der Waals surface area contributed by atoms with Gasteiger partial charge in [-0.1, -0.05) is 20.8 Å². The first-order valence-electron chi connectivity index (χ1n) is 7.16. The van der Waals surface area contributed by atoms with Gasteiger partial charge in [-0.3, -0.25) is 0 Å². The summed E-state index contributed by atoms with van der Waals surface area (Å²) in [7, 11) is 0. The Morgan fingerprint density at radius 1 is 1.32 bits per heavy atom. The Kier molecular flexibility index (Phi) is 4.58. The summed E-state index contributed by atoms with van der Waals surface area (Å²) in [6, 6.07) is 2.29. The number of aliphatic hydroxyl groups excluding tert-OH is 1. The van der Waals surface area contributed by atoms with Crippen molar-refractivity contribution in [1.82, 2.24) is 9.97 Å². The maximum absolute atomic E-state index is 9.32. The lowest BCUT2D eigenvalue weighted by Crippen LogP contribution is -2.39. The number of nitrogens with zero attached hydrogens (tertiary/aromatic N) is 2. The molecule has 1 saturated carbocycles. The summed E-state index contributed by atoms with van der Waals surface area (Å²) in [4.78, 5) is 9.07. The molecule has 5 heteroatoms. The SMILES string of the molecule is CCCNc1cc(NC2CC(O)C2)nc(C(C)C)n1. The Morgan fingerprint density at radius 2 is 2.00 bits per heavy atom. The predicted molar refractivity (Wildman–Crippen MR) is 77.6 cm³/mol. The van der Waals surface area contributed by atoms with Crippen LogP contribution in [-0.4, -0.2) is 33.8 Å². The highest BCUT2D eigenvalue weighted by molar-refractivity contribution is 5.48.